The number of esters is 1. The van der Waals surface area contributed by atoms with E-state index in [-0.39, 0.29) is 18.8 Å². The molecule has 1 atom stereocenters. The molecule has 0 aliphatic rings. The lowest BCUT2D eigenvalue weighted by molar-refractivity contribution is -0.119. The first-order chi connectivity index (χ1) is 15.5. The van der Waals surface area contributed by atoms with Crippen molar-refractivity contribution in [3.05, 3.63) is 94.5 Å². The fraction of sp³-hybridized carbons (Fsp3) is 0.231. The summed E-state index contributed by atoms with van der Waals surface area (Å²) in [5.41, 5.74) is 2.96. The molecule has 1 amide bonds. The quantitative estimate of drug-likeness (QED) is 0.392. The lowest BCUT2D eigenvalue weighted by Crippen LogP contribution is -2.22. The molecular weight excluding hydrogens is 426 g/mol. The minimum Gasteiger partial charge on any atom is -0.488 e. The van der Waals surface area contributed by atoms with E-state index in [0.29, 0.717) is 16.7 Å². The summed E-state index contributed by atoms with van der Waals surface area (Å²) in [6.07, 6.45) is 0.953. The third-order valence-electron chi connectivity index (χ3n) is 5.13. The van der Waals surface area contributed by atoms with Gasteiger partial charge in [0.2, 0.25) is 0 Å². The Morgan fingerprint density at radius 3 is 2.41 bits per heavy atom. The number of hydrogen-bond acceptors (Lipinski definition) is 4. The molecule has 6 heteroatoms. The molecule has 0 saturated carbocycles. The van der Waals surface area contributed by atoms with E-state index in [1.54, 1.807) is 36.4 Å². The average Bonchev–Trinajstić information content (AvgIpc) is 2.82. The van der Waals surface area contributed by atoms with E-state index < -0.39 is 11.9 Å². The van der Waals surface area contributed by atoms with Gasteiger partial charge in [0.05, 0.1) is 0 Å². The molecule has 0 bridgehead atoms. The largest absolute Gasteiger partial charge is 0.488 e. The maximum atomic E-state index is 12.6. The summed E-state index contributed by atoms with van der Waals surface area (Å²) in [5, 5.41) is 3.48. The molecule has 3 aromatic carbocycles. The van der Waals surface area contributed by atoms with Gasteiger partial charge in [-0.15, -0.1) is 0 Å². The van der Waals surface area contributed by atoms with Crippen LogP contribution in [0, 0.1) is 0 Å². The molecule has 0 fully saturated rings. The molecule has 5 nitrogen and oxygen atoms in total. The molecule has 166 valence electrons. The first-order valence-electron chi connectivity index (χ1n) is 10.5. The molecule has 0 saturated heterocycles. The molecule has 32 heavy (non-hydrogen) atoms. The number of rotatable bonds is 9. The van der Waals surface area contributed by atoms with E-state index >= 15 is 0 Å². The number of anilines is 1. The van der Waals surface area contributed by atoms with Gasteiger partial charge < -0.3 is 14.8 Å². The molecule has 3 rings (SSSR count). The molecule has 0 unspecified atom stereocenters. The number of ether oxygens (including phenoxy) is 2. The molecule has 1 N–H and O–H groups in total. The standard InChI is InChI=1S/C26H26ClNO4/c1-3-18(2)21-8-4-6-10-23(21)28-25(29)17-32-26(30)22-9-5-7-11-24(22)31-16-19-12-14-20(27)15-13-19/h4-15,18H,3,16-17H2,1-2H3,(H,28,29)/t18-/m0/s1. The van der Waals surface area contributed by atoms with Crippen molar-refractivity contribution in [2.75, 3.05) is 11.9 Å². The van der Waals surface area contributed by atoms with Gasteiger partial charge in [0, 0.05) is 10.7 Å². The van der Waals surface area contributed by atoms with Gasteiger partial charge in [0.1, 0.15) is 17.9 Å². The highest BCUT2D eigenvalue weighted by atomic mass is 35.5. The fourth-order valence-corrected chi connectivity index (χ4v) is 3.28. The van der Waals surface area contributed by atoms with Crippen LogP contribution < -0.4 is 10.1 Å². The van der Waals surface area contributed by atoms with Gasteiger partial charge in [-0.1, -0.05) is 67.9 Å². The Morgan fingerprint density at radius 1 is 0.969 bits per heavy atom. The number of nitrogens with one attached hydrogen (secondary N) is 1. The third-order valence-corrected chi connectivity index (χ3v) is 5.38. The van der Waals surface area contributed by atoms with Gasteiger partial charge in [-0.25, -0.2) is 4.79 Å². The Labute approximate surface area is 193 Å². The maximum Gasteiger partial charge on any atom is 0.342 e. The van der Waals surface area contributed by atoms with E-state index in [4.69, 9.17) is 21.1 Å². The number of benzene rings is 3. The van der Waals surface area contributed by atoms with Crippen molar-refractivity contribution in [3.63, 3.8) is 0 Å². The van der Waals surface area contributed by atoms with Crippen LogP contribution in [0.3, 0.4) is 0 Å². The Kier molecular flexibility index (Phi) is 8.28. The van der Waals surface area contributed by atoms with E-state index in [1.807, 2.05) is 36.4 Å². The van der Waals surface area contributed by atoms with E-state index in [0.717, 1.165) is 23.2 Å². The van der Waals surface area contributed by atoms with Crippen LogP contribution in [0.4, 0.5) is 5.69 Å². The zero-order valence-electron chi connectivity index (χ0n) is 18.1. The summed E-state index contributed by atoms with van der Waals surface area (Å²) in [4.78, 5) is 25.0. The number of carbonyl (C=O) groups is 2. The first kappa shape index (κ1) is 23.4. The normalized spacial score (nSPS) is 11.5. The van der Waals surface area contributed by atoms with E-state index in [2.05, 4.69) is 19.2 Å². The van der Waals surface area contributed by atoms with E-state index in [9.17, 15) is 9.59 Å². The lowest BCUT2D eigenvalue weighted by atomic mass is 9.97. The predicted octanol–water partition coefficient (Wildman–Crippen LogP) is 6.23. The lowest BCUT2D eigenvalue weighted by Gasteiger charge is -2.16. The summed E-state index contributed by atoms with van der Waals surface area (Å²) in [5.74, 6) is -0.329. The maximum absolute atomic E-state index is 12.6. The van der Waals surface area contributed by atoms with Crippen molar-refractivity contribution >= 4 is 29.2 Å². The Balaban J connectivity index is 1.59. The van der Waals surface area contributed by atoms with Gasteiger partial charge in [-0.05, 0) is 53.8 Å². The molecule has 0 heterocycles. The minimum atomic E-state index is -0.623. The minimum absolute atomic E-state index is 0.259. The Bertz CT molecular complexity index is 1070. The first-order valence-corrected chi connectivity index (χ1v) is 10.9. The molecule has 3 aromatic rings. The van der Waals surface area contributed by atoms with Crippen molar-refractivity contribution in [2.24, 2.45) is 0 Å². The van der Waals surface area contributed by atoms with Crippen LogP contribution in [-0.2, 0) is 16.1 Å². The van der Waals surface area contributed by atoms with Crippen LogP contribution in [0.25, 0.3) is 0 Å². The highest BCUT2D eigenvalue weighted by Crippen LogP contribution is 2.26. The van der Waals surface area contributed by atoms with Crippen LogP contribution in [-0.4, -0.2) is 18.5 Å². The van der Waals surface area contributed by atoms with Crippen LogP contribution in [0.1, 0.15) is 47.7 Å². The summed E-state index contributed by atoms with van der Waals surface area (Å²) >= 11 is 5.90. The van der Waals surface area contributed by atoms with Crippen molar-refractivity contribution in [1.29, 1.82) is 0 Å². The monoisotopic (exact) mass is 451 g/mol. The van der Waals surface area contributed by atoms with Crippen molar-refractivity contribution in [2.45, 2.75) is 32.8 Å². The molecule has 0 spiro atoms. The molecular formula is C26H26ClNO4. The Morgan fingerprint density at radius 2 is 1.66 bits per heavy atom. The van der Waals surface area contributed by atoms with Crippen molar-refractivity contribution in [1.82, 2.24) is 0 Å². The van der Waals surface area contributed by atoms with Gasteiger partial charge in [-0.2, -0.15) is 0 Å². The molecule has 0 radical (unpaired) electrons. The zero-order chi connectivity index (χ0) is 22.9. The zero-order valence-corrected chi connectivity index (χ0v) is 18.9. The SMILES string of the molecule is CC[C@H](C)c1ccccc1NC(=O)COC(=O)c1ccccc1OCc1ccc(Cl)cc1. The van der Waals surface area contributed by atoms with E-state index in [1.165, 1.54) is 0 Å². The van der Waals surface area contributed by atoms with Crippen molar-refractivity contribution < 1.29 is 19.1 Å². The predicted molar refractivity (Wildman–Crippen MR) is 126 cm³/mol. The summed E-state index contributed by atoms with van der Waals surface area (Å²) in [7, 11) is 0. The highest BCUT2D eigenvalue weighted by molar-refractivity contribution is 6.30. The van der Waals surface area contributed by atoms with Gasteiger partial charge in [0.25, 0.3) is 5.91 Å². The number of hydrogen-bond donors (Lipinski definition) is 1. The second-order valence-electron chi connectivity index (χ2n) is 7.43. The number of para-hydroxylation sites is 2. The van der Waals surface area contributed by atoms with Gasteiger partial charge in [0.15, 0.2) is 6.61 Å². The van der Waals surface area contributed by atoms with Crippen LogP contribution >= 0.6 is 11.6 Å². The van der Waals surface area contributed by atoms with Crippen LogP contribution in [0.15, 0.2) is 72.8 Å². The number of carbonyl (C=O) groups excluding carboxylic acids is 2. The Hall–Kier alpha value is -3.31. The third kappa shape index (κ3) is 6.34. The average molecular weight is 452 g/mol. The number of amides is 1. The second-order valence-corrected chi connectivity index (χ2v) is 7.87. The smallest absolute Gasteiger partial charge is 0.342 e. The van der Waals surface area contributed by atoms with Crippen LogP contribution in [0.2, 0.25) is 5.02 Å². The molecule has 0 aromatic heterocycles. The summed E-state index contributed by atoms with van der Waals surface area (Å²) < 4.78 is 11.0. The second kappa shape index (κ2) is 11.3. The highest BCUT2D eigenvalue weighted by Gasteiger charge is 2.17. The summed E-state index contributed by atoms with van der Waals surface area (Å²) in [6, 6.07) is 21.7. The molecule has 0 aliphatic carbocycles. The number of halogens is 1. The van der Waals surface area contributed by atoms with Gasteiger partial charge in [-0.3, -0.25) is 4.79 Å². The van der Waals surface area contributed by atoms with Crippen molar-refractivity contribution in [3.8, 4) is 5.75 Å². The fourth-order valence-electron chi connectivity index (χ4n) is 3.16. The topological polar surface area (TPSA) is 64.6 Å². The van der Waals surface area contributed by atoms with Crippen LogP contribution in [0.5, 0.6) is 5.75 Å². The molecule has 0 aliphatic heterocycles. The van der Waals surface area contributed by atoms with Gasteiger partial charge >= 0.3 is 5.97 Å². The summed E-state index contributed by atoms with van der Waals surface area (Å²) in [6.45, 7) is 4.08.